The lowest BCUT2D eigenvalue weighted by atomic mass is 9.87. The average Bonchev–Trinajstić information content (AvgIpc) is 2.86. The first kappa shape index (κ1) is 13.8. The first-order valence-corrected chi connectivity index (χ1v) is 6.44. The van der Waals surface area contributed by atoms with Crippen LogP contribution in [0.5, 0.6) is 0 Å². The van der Waals surface area contributed by atoms with Crippen LogP contribution in [-0.4, -0.2) is 29.3 Å². The molecule has 0 bridgehead atoms. The molecular formula is C14H18FNO3. The zero-order valence-corrected chi connectivity index (χ0v) is 10.7. The summed E-state index contributed by atoms with van der Waals surface area (Å²) in [6.07, 6.45) is 3.86. The van der Waals surface area contributed by atoms with E-state index in [1.54, 1.807) is 0 Å². The minimum absolute atomic E-state index is 0.00900. The Morgan fingerprint density at radius 2 is 2.05 bits per heavy atom. The lowest BCUT2D eigenvalue weighted by Crippen LogP contribution is -2.31. The molecule has 1 fully saturated rings. The first-order valence-electron chi connectivity index (χ1n) is 6.44. The minimum atomic E-state index is -1.16. The van der Waals surface area contributed by atoms with E-state index in [-0.39, 0.29) is 23.3 Å². The van der Waals surface area contributed by atoms with Gasteiger partial charge in [0.2, 0.25) is 0 Å². The van der Waals surface area contributed by atoms with Crippen molar-refractivity contribution < 1.29 is 19.4 Å². The summed E-state index contributed by atoms with van der Waals surface area (Å²) in [7, 11) is 0. The van der Waals surface area contributed by atoms with E-state index >= 15 is 0 Å². The van der Waals surface area contributed by atoms with Gasteiger partial charge in [-0.1, -0.05) is 18.9 Å². The molecule has 0 spiro atoms. The van der Waals surface area contributed by atoms with Crippen LogP contribution >= 0.6 is 0 Å². The number of carbonyl (C=O) groups is 1. The largest absolute Gasteiger partial charge is 0.478 e. The molecule has 5 heteroatoms. The molecule has 0 saturated heterocycles. The van der Waals surface area contributed by atoms with Crippen LogP contribution in [0.3, 0.4) is 0 Å². The van der Waals surface area contributed by atoms with Crippen molar-refractivity contribution in [2.24, 2.45) is 5.41 Å². The molecule has 4 nitrogen and oxygen atoms in total. The summed E-state index contributed by atoms with van der Waals surface area (Å²) in [5.41, 5.74) is -0.321. The normalized spacial score (nSPS) is 17.4. The van der Waals surface area contributed by atoms with E-state index in [4.69, 9.17) is 5.11 Å². The number of para-hydroxylation sites is 1. The van der Waals surface area contributed by atoms with Crippen LogP contribution in [0.25, 0.3) is 0 Å². The summed E-state index contributed by atoms with van der Waals surface area (Å²) in [6.45, 7) is 0.432. The third kappa shape index (κ3) is 2.87. The lowest BCUT2D eigenvalue weighted by molar-refractivity contribution is 0.0697. The van der Waals surface area contributed by atoms with Crippen molar-refractivity contribution in [3.63, 3.8) is 0 Å². The summed E-state index contributed by atoms with van der Waals surface area (Å²) in [4.78, 5) is 11.1. The van der Waals surface area contributed by atoms with Crippen LogP contribution in [0.4, 0.5) is 10.1 Å². The number of hydrogen-bond acceptors (Lipinski definition) is 3. The maximum atomic E-state index is 13.7. The summed E-state index contributed by atoms with van der Waals surface area (Å²) < 4.78 is 13.7. The van der Waals surface area contributed by atoms with E-state index in [0.717, 1.165) is 25.7 Å². The van der Waals surface area contributed by atoms with Crippen LogP contribution in [0.15, 0.2) is 18.2 Å². The van der Waals surface area contributed by atoms with Crippen molar-refractivity contribution in [1.29, 1.82) is 0 Å². The Morgan fingerprint density at radius 1 is 1.37 bits per heavy atom. The van der Waals surface area contributed by atoms with Crippen LogP contribution in [0, 0.1) is 11.2 Å². The van der Waals surface area contributed by atoms with E-state index in [1.165, 1.54) is 18.2 Å². The second kappa shape index (κ2) is 5.57. The predicted octanol–water partition coefficient (Wildman–Crippen LogP) is 2.49. The number of carboxylic acids is 1. The van der Waals surface area contributed by atoms with Gasteiger partial charge in [0.05, 0.1) is 17.9 Å². The Bertz CT molecular complexity index is 470. The number of aromatic carboxylic acids is 1. The van der Waals surface area contributed by atoms with Gasteiger partial charge < -0.3 is 15.5 Å². The standard InChI is InChI=1S/C14H18FNO3/c15-11-5-3-4-10(13(18)19)12(11)16-8-14(9-17)6-1-2-7-14/h3-5,16-17H,1-2,6-9H2,(H,18,19). The smallest absolute Gasteiger partial charge is 0.337 e. The predicted molar refractivity (Wildman–Crippen MR) is 69.8 cm³/mol. The molecule has 0 aromatic heterocycles. The maximum Gasteiger partial charge on any atom is 0.337 e. The van der Waals surface area contributed by atoms with Gasteiger partial charge in [-0.05, 0) is 25.0 Å². The van der Waals surface area contributed by atoms with Crippen molar-refractivity contribution in [3.05, 3.63) is 29.6 Å². The molecule has 1 aromatic rings. The Kier molecular flexibility index (Phi) is 4.04. The summed E-state index contributed by atoms with van der Waals surface area (Å²) in [6, 6.07) is 3.98. The highest BCUT2D eigenvalue weighted by Crippen LogP contribution is 2.38. The fraction of sp³-hybridized carbons (Fsp3) is 0.500. The summed E-state index contributed by atoms with van der Waals surface area (Å²) in [5, 5.41) is 21.4. The fourth-order valence-corrected chi connectivity index (χ4v) is 2.67. The van der Waals surface area contributed by atoms with Crippen molar-refractivity contribution >= 4 is 11.7 Å². The second-order valence-electron chi connectivity index (χ2n) is 5.19. The highest BCUT2D eigenvalue weighted by Gasteiger charge is 2.33. The molecule has 1 aliphatic rings. The Morgan fingerprint density at radius 3 is 2.63 bits per heavy atom. The molecule has 0 atom stereocenters. The molecule has 2 rings (SSSR count). The van der Waals surface area contributed by atoms with Crippen LogP contribution in [0.1, 0.15) is 36.0 Å². The molecular weight excluding hydrogens is 249 g/mol. The van der Waals surface area contributed by atoms with Crippen molar-refractivity contribution in [2.75, 3.05) is 18.5 Å². The van der Waals surface area contributed by atoms with Gasteiger partial charge in [-0.15, -0.1) is 0 Å². The molecule has 1 aliphatic carbocycles. The number of benzene rings is 1. The average molecular weight is 267 g/mol. The number of aliphatic hydroxyl groups excluding tert-OH is 1. The van der Waals surface area contributed by atoms with Crippen LogP contribution in [0.2, 0.25) is 0 Å². The number of aliphatic hydroxyl groups is 1. The zero-order chi connectivity index (χ0) is 13.9. The third-order valence-corrected chi connectivity index (χ3v) is 3.88. The minimum Gasteiger partial charge on any atom is -0.478 e. The van der Waals surface area contributed by atoms with E-state index in [9.17, 15) is 14.3 Å². The number of hydrogen-bond donors (Lipinski definition) is 3. The van der Waals surface area contributed by atoms with Gasteiger partial charge in [-0.3, -0.25) is 0 Å². The number of anilines is 1. The van der Waals surface area contributed by atoms with Gasteiger partial charge in [0.1, 0.15) is 5.82 Å². The second-order valence-corrected chi connectivity index (χ2v) is 5.19. The molecule has 0 radical (unpaired) electrons. The van der Waals surface area contributed by atoms with Gasteiger partial charge in [-0.2, -0.15) is 0 Å². The topological polar surface area (TPSA) is 69.6 Å². The molecule has 104 valence electrons. The SMILES string of the molecule is O=C(O)c1cccc(F)c1NCC1(CO)CCCC1. The van der Waals surface area contributed by atoms with E-state index in [0.29, 0.717) is 6.54 Å². The fourth-order valence-electron chi connectivity index (χ4n) is 2.67. The lowest BCUT2D eigenvalue weighted by Gasteiger charge is -2.27. The Hall–Kier alpha value is -1.62. The molecule has 3 N–H and O–H groups in total. The van der Waals surface area contributed by atoms with Crippen molar-refractivity contribution in [1.82, 2.24) is 0 Å². The number of rotatable bonds is 5. The quantitative estimate of drug-likeness (QED) is 0.766. The Labute approximate surface area is 111 Å². The molecule has 1 saturated carbocycles. The molecule has 1 aromatic carbocycles. The monoisotopic (exact) mass is 267 g/mol. The highest BCUT2D eigenvalue weighted by atomic mass is 19.1. The molecule has 0 aliphatic heterocycles. The summed E-state index contributed by atoms with van der Waals surface area (Å²) in [5.74, 6) is -1.74. The van der Waals surface area contributed by atoms with Crippen molar-refractivity contribution in [2.45, 2.75) is 25.7 Å². The van der Waals surface area contributed by atoms with Crippen LogP contribution < -0.4 is 5.32 Å². The first-order chi connectivity index (χ1) is 9.08. The maximum absolute atomic E-state index is 13.7. The van der Waals surface area contributed by atoms with Gasteiger partial charge in [-0.25, -0.2) is 9.18 Å². The van der Waals surface area contributed by atoms with Gasteiger partial charge in [0, 0.05) is 12.0 Å². The summed E-state index contributed by atoms with van der Waals surface area (Å²) >= 11 is 0. The van der Waals surface area contributed by atoms with Crippen molar-refractivity contribution in [3.8, 4) is 0 Å². The molecule has 0 amide bonds. The third-order valence-electron chi connectivity index (χ3n) is 3.88. The zero-order valence-electron chi connectivity index (χ0n) is 10.7. The number of halogens is 1. The number of nitrogens with one attached hydrogen (secondary N) is 1. The van der Waals surface area contributed by atoms with Gasteiger partial charge in [0.15, 0.2) is 0 Å². The van der Waals surface area contributed by atoms with E-state index < -0.39 is 11.8 Å². The van der Waals surface area contributed by atoms with Gasteiger partial charge in [0.25, 0.3) is 0 Å². The van der Waals surface area contributed by atoms with Crippen LogP contribution in [-0.2, 0) is 0 Å². The molecule has 0 unspecified atom stereocenters. The molecule has 19 heavy (non-hydrogen) atoms. The van der Waals surface area contributed by atoms with E-state index in [1.807, 2.05) is 0 Å². The highest BCUT2D eigenvalue weighted by molar-refractivity contribution is 5.94. The molecule has 0 heterocycles. The van der Waals surface area contributed by atoms with E-state index in [2.05, 4.69) is 5.32 Å². The number of carboxylic acid groups (broad SMARTS) is 1. The Balaban J connectivity index is 2.17. The van der Waals surface area contributed by atoms with Gasteiger partial charge >= 0.3 is 5.97 Å².